The molecule has 21 heavy (non-hydrogen) atoms. The van der Waals surface area contributed by atoms with Gasteiger partial charge in [-0.25, -0.2) is 14.5 Å². The molecule has 0 spiro atoms. The topological polar surface area (TPSA) is 99.4 Å². The average Bonchev–Trinajstić information content (AvgIpc) is 2.88. The number of nitrogens with zero attached hydrogens (tertiary/aromatic N) is 4. The van der Waals surface area contributed by atoms with E-state index in [0.29, 0.717) is 31.1 Å². The van der Waals surface area contributed by atoms with Gasteiger partial charge in [0.25, 0.3) is 0 Å². The Bertz CT molecular complexity index is 626. The van der Waals surface area contributed by atoms with Crippen molar-refractivity contribution in [3.8, 4) is 5.88 Å². The number of carboxylic acid groups (broad SMARTS) is 1. The molecular weight excluding hydrogens is 276 g/mol. The Morgan fingerprint density at radius 1 is 1.43 bits per heavy atom. The summed E-state index contributed by atoms with van der Waals surface area (Å²) >= 11 is 0. The monoisotopic (exact) mass is 292 g/mol. The summed E-state index contributed by atoms with van der Waals surface area (Å²) in [5, 5.41) is 16.8. The smallest absolute Gasteiger partial charge is 0.358 e. The van der Waals surface area contributed by atoms with Crippen molar-refractivity contribution in [3.63, 3.8) is 0 Å². The molecule has 0 aromatic carbocycles. The van der Waals surface area contributed by atoms with Crippen LogP contribution in [0.5, 0.6) is 5.88 Å². The number of aromatic nitrogens is 4. The molecule has 0 saturated heterocycles. The van der Waals surface area contributed by atoms with Crippen LogP contribution in [0.2, 0.25) is 0 Å². The molecule has 8 nitrogen and oxygen atoms in total. The minimum Gasteiger partial charge on any atom is -0.481 e. The molecule has 0 bridgehead atoms. The van der Waals surface area contributed by atoms with E-state index in [1.54, 1.807) is 19.4 Å². The number of carboxylic acids is 1. The van der Waals surface area contributed by atoms with E-state index < -0.39 is 5.97 Å². The molecule has 2 heterocycles. The van der Waals surface area contributed by atoms with Crippen LogP contribution in [0.4, 0.5) is 0 Å². The van der Waals surface area contributed by atoms with Crippen LogP contribution in [0.25, 0.3) is 0 Å². The first-order valence-corrected chi connectivity index (χ1v) is 6.29. The van der Waals surface area contributed by atoms with Gasteiger partial charge < -0.3 is 14.6 Å². The summed E-state index contributed by atoms with van der Waals surface area (Å²) in [7, 11) is 3.08. The van der Waals surface area contributed by atoms with E-state index in [0.717, 1.165) is 5.56 Å². The van der Waals surface area contributed by atoms with Crippen LogP contribution in [0.1, 0.15) is 21.7 Å². The van der Waals surface area contributed by atoms with Crippen molar-refractivity contribution in [1.29, 1.82) is 0 Å². The SMILES string of the molecule is COCCc1c(C(=O)O)nnn1Cc1cccnc1OC. The minimum absolute atomic E-state index is 0.0603. The van der Waals surface area contributed by atoms with Crippen molar-refractivity contribution in [2.45, 2.75) is 13.0 Å². The highest BCUT2D eigenvalue weighted by Crippen LogP contribution is 2.17. The molecule has 0 radical (unpaired) electrons. The largest absolute Gasteiger partial charge is 0.481 e. The summed E-state index contributed by atoms with van der Waals surface area (Å²) < 4.78 is 11.7. The van der Waals surface area contributed by atoms with Crippen molar-refractivity contribution in [3.05, 3.63) is 35.3 Å². The van der Waals surface area contributed by atoms with Crippen molar-refractivity contribution in [2.75, 3.05) is 20.8 Å². The maximum absolute atomic E-state index is 11.2. The van der Waals surface area contributed by atoms with Crippen LogP contribution in [-0.4, -0.2) is 51.9 Å². The van der Waals surface area contributed by atoms with Crippen LogP contribution in [0.15, 0.2) is 18.3 Å². The van der Waals surface area contributed by atoms with Gasteiger partial charge in [0, 0.05) is 25.3 Å². The van der Waals surface area contributed by atoms with Crippen molar-refractivity contribution in [1.82, 2.24) is 20.0 Å². The molecule has 1 N–H and O–H groups in total. The molecule has 0 aliphatic heterocycles. The number of pyridine rings is 1. The van der Waals surface area contributed by atoms with Gasteiger partial charge in [-0.05, 0) is 6.07 Å². The van der Waals surface area contributed by atoms with E-state index in [4.69, 9.17) is 14.6 Å². The highest BCUT2D eigenvalue weighted by Gasteiger charge is 2.19. The van der Waals surface area contributed by atoms with Gasteiger partial charge in [-0.3, -0.25) is 0 Å². The Morgan fingerprint density at radius 3 is 2.90 bits per heavy atom. The first-order valence-electron chi connectivity index (χ1n) is 6.29. The molecule has 0 atom stereocenters. The van der Waals surface area contributed by atoms with Gasteiger partial charge in [-0.15, -0.1) is 5.10 Å². The molecule has 112 valence electrons. The van der Waals surface area contributed by atoms with Crippen molar-refractivity contribution < 1.29 is 19.4 Å². The van der Waals surface area contributed by atoms with Gasteiger partial charge in [0.1, 0.15) is 0 Å². The highest BCUT2D eigenvalue weighted by atomic mass is 16.5. The number of carbonyl (C=O) groups is 1. The van der Waals surface area contributed by atoms with Crippen LogP contribution in [0.3, 0.4) is 0 Å². The predicted octanol–water partition coefficient (Wildman–Crippen LogP) is 0.617. The van der Waals surface area contributed by atoms with Crippen LogP contribution >= 0.6 is 0 Å². The van der Waals surface area contributed by atoms with E-state index in [1.165, 1.54) is 11.8 Å². The molecule has 0 aliphatic rings. The number of ether oxygens (including phenoxy) is 2. The maximum atomic E-state index is 11.2. The highest BCUT2D eigenvalue weighted by molar-refractivity contribution is 5.86. The number of rotatable bonds is 7. The normalized spacial score (nSPS) is 10.6. The lowest BCUT2D eigenvalue weighted by Crippen LogP contribution is -2.12. The zero-order chi connectivity index (χ0) is 15.2. The Balaban J connectivity index is 2.32. The second-order valence-corrected chi connectivity index (χ2v) is 4.26. The first kappa shape index (κ1) is 14.9. The predicted molar refractivity (Wildman–Crippen MR) is 72.5 cm³/mol. The molecule has 2 rings (SSSR count). The zero-order valence-corrected chi connectivity index (χ0v) is 11.8. The minimum atomic E-state index is -1.11. The molecule has 2 aromatic heterocycles. The molecule has 0 saturated carbocycles. The second kappa shape index (κ2) is 6.80. The van der Waals surface area contributed by atoms with Gasteiger partial charge in [0.2, 0.25) is 5.88 Å². The number of hydrogen-bond acceptors (Lipinski definition) is 6. The van der Waals surface area contributed by atoms with Crippen LogP contribution in [0, 0.1) is 0 Å². The lowest BCUT2D eigenvalue weighted by atomic mass is 10.2. The first-order chi connectivity index (χ1) is 10.2. The van der Waals surface area contributed by atoms with Gasteiger partial charge in [0.15, 0.2) is 5.69 Å². The Kier molecular flexibility index (Phi) is 4.83. The molecule has 2 aromatic rings. The molecular formula is C13H16N4O4. The second-order valence-electron chi connectivity index (χ2n) is 4.26. The van der Waals surface area contributed by atoms with E-state index in [2.05, 4.69) is 15.3 Å². The maximum Gasteiger partial charge on any atom is 0.358 e. The Hall–Kier alpha value is -2.48. The average molecular weight is 292 g/mol. The number of methoxy groups -OCH3 is 2. The number of aromatic carboxylic acids is 1. The third-order valence-electron chi connectivity index (χ3n) is 2.95. The molecule has 0 aliphatic carbocycles. The molecule has 8 heteroatoms. The summed E-state index contributed by atoms with van der Waals surface area (Å²) in [5.41, 5.74) is 1.24. The molecule has 0 fully saturated rings. The quantitative estimate of drug-likeness (QED) is 0.798. The summed E-state index contributed by atoms with van der Waals surface area (Å²) in [5.74, 6) is -0.631. The lowest BCUT2D eigenvalue weighted by Gasteiger charge is -2.09. The lowest BCUT2D eigenvalue weighted by molar-refractivity contribution is 0.0688. The third kappa shape index (κ3) is 3.34. The van der Waals surface area contributed by atoms with Gasteiger partial charge in [-0.2, -0.15) is 0 Å². The molecule has 0 unspecified atom stereocenters. The van der Waals surface area contributed by atoms with Crippen molar-refractivity contribution in [2.24, 2.45) is 0 Å². The fraction of sp³-hybridized carbons (Fsp3) is 0.385. The summed E-state index contributed by atoms with van der Waals surface area (Å²) in [6.07, 6.45) is 2.03. The standard InChI is InChI=1S/C13H16N4O4/c1-20-7-5-10-11(13(18)19)15-16-17(10)8-9-4-3-6-14-12(9)21-2/h3-4,6H,5,7-8H2,1-2H3,(H,18,19). The van der Waals surface area contributed by atoms with E-state index in [1.807, 2.05) is 6.07 Å². The van der Waals surface area contributed by atoms with Crippen LogP contribution in [-0.2, 0) is 17.7 Å². The molecule has 0 amide bonds. The Labute approximate surface area is 121 Å². The van der Waals surface area contributed by atoms with E-state index in [9.17, 15) is 4.79 Å². The third-order valence-corrected chi connectivity index (χ3v) is 2.95. The fourth-order valence-electron chi connectivity index (χ4n) is 1.96. The van der Waals surface area contributed by atoms with Gasteiger partial charge in [-0.1, -0.05) is 11.3 Å². The summed E-state index contributed by atoms with van der Waals surface area (Å²) in [6, 6.07) is 3.62. The zero-order valence-electron chi connectivity index (χ0n) is 11.8. The van der Waals surface area contributed by atoms with Crippen LogP contribution < -0.4 is 4.74 Å². The van der Waals surface area contributed by atoms with E-state index >= 15 is 0 Å². The van der Waals surface area contributed by atoms with Gasteiger partial charge in [0.05, 0.1) is 26.0 Å². The fourth-order valence-corrected chi connectivity index (χ4v) is 1.96. The summed E-state index contributed by atoms with van der Waals surface area (Å²) in [6.45, 7) is 0.716. The number of hydrogen-bond donors (Lipinski definition) is 1. The van der Waals surface area contributed by atoms with Crippen molar-refractivity contribution >= 4 is 5.97 Å². The van der Waals surface area contributed by atoms with E-state index in [-0.39, 0.29) is 5.69 Å². The van der Waals surface area contributed by atoms with Gasteiger partial charge >= 0.3 is 5.97 Å². The Morgan fingerprint density at radius 2 is 2.24 bits per heavy atom. The summed E-state index contributed by atoms with van der Waals surface area (Å²) in [4.78, 5) is 15.3.